The summed E-state index contributed by atoms with van der Waals surface area (Å²) in [4.78, 5) is 38.3. The molecule has 0 spiro atoms. The lowest BCUT2D eigenvalue weighted by Crippen LogP contribution is -2.46. The van der Waals surface area contributed by atoms with Crippen LogP contribution in [0, 0.1) is 0 Å². The quantitative estimate of drug-likeness (QED) is 0.856. The highest BCUT2D eigenvalue weighted by Gasteiger charge is 2.23. The molecule has 0 bridgehead atoms. The van der Waals surface area contributed by atoms with Crippen LogP contribution >= 0.6 is 11.8 Å². The Morgan fingerprint density at radius 2 is 2.04 bits per heavy atom. The summed E-state index contributed by atoms with van der Waals surface area (Å²) >= 11 is 1.62. The predicted octanol–water partition coefficient (Wildman–Crippen LogP) is 1.86. The van der Waals surface area contributed by atoms with Crippen molar-refractivity contribution in [2.75, 3.05) is 24.2 Å². The van der Waals surface area contributed by atoms with Gasteiger partial charge in [0, 0.05) is 48.7 Å². The fourth-order valence-electron chi connectivity index (χ4n) is 2.97. The maximum Gasteiger partial charge on any atom is 0.251 e. The van der Waals surface area contributed by atoms with Crippen molar-refractivity contribution in [2.45, 2.75) is 37.1 Å². The number of benzene rings is 1. The van der Waals surface area contributed by atoms with Crippen LogP contribution < -0.4 is 10.6 Å². The Morgan fingerprint density at radius 1 is 1.29 bits per heavy atom. The fraction of sp³-hybridized carbons (Fsp3) is 0.471. The average Bonchev–Trinajstić information content (AvgIpc) is 2.75. The summed E-state index contributed by atoms with van der Waals surface area (Å²) in [5.74, 6) is 0.677. The zero-order chi connectivity index (χ0) is 17.1. The van der Waals surface area contributed by atoms with E-state index in [1.54, 1.807) is 35.7 Å². The number of piperidine rings is 1. The lowest BCUT2D eigenvalue weighted by Gasteiger charge is -2.31. The van der Waals surface area contributed by atoms with Crippen LogP contribution in [0.25, 0.3) is 0 Å². The van der Waals surface area contributed by atoms with Crippen LogP contribution in [-0.4, -0.2) is 47.5 Å². The normalized spacial score (nSPS) is 18.4. The largest absolute Gasteiger partial charge is 0.349 e. The van der Waals surface area contributed by atoms with Gasteiger partial charge in [-0.2, -0.15) is 0 Å². The van der Waals surface area contributed by atoms with E-state index in [2.05, 4.69) is 10.6 Å². The van der Waals surface area contributed by atoms with Gasteiger partial charge in [0.15, 0.2) is 0 Å². The van der Waals surface area contributed by atoms with Crippen LogP contribution in [0.3, 0.4) is 0 Å². The summed E-state index contributed by atoms with van der Waals surface area (Å²) in [5, 5.41) is 5.89. The van der Waals surface area contributed by atoms with Gasteiger partial charge in [0.25, 0.3) is 5.91 Å². The second kappa shape index (κ2) is 7.25. The third-order valence-corrected chi connectivity index (χ3v) is 5.45. The molecule has 3 rings (SSSR count). The number of rotatable bonds is 2. The number of anilines is 1. The summed E-state index contributed by atoms with van der Waals surface area (Å²) in [6.07, 6.45) is 2.02. The van der Waals surface area contributed by atoms with Gasteiger partial charge in [0.05, 0.1) is 5.69 Å². The topological polar surface area (TPSA) is 78.5 Å². The van der Waals surface area contributed by atoms with Crippen LogP contribution in [0.1, 0.15) is 36.5 Å². The molecule has 2 heterocycles. The molecule has 2 aliphatic rings. The van der Waals surface area contributed by atoms with Gasteiger partial charge in [-0.25, -0.2) is 0 Å². The highest BCUT2D eigenvalue weighted by atomic mass is 32.2. The number of likely N-dealkylation sites (tertiary alicyclic amines) is 1. The second-order valence-corrected chi connectivity index (χ2v) is 7.25. The van der Waals surface area contributed by atoms with E-state index in [0.717, 1.165) is 23.5 Å². The number of fused-ring (bicyclic) bond motifs is 1. The summed E-state index contributed by atoms with van der Waals surface area (Å²) < 4.78 is 0. The van der Waals surface area contributed by atoms with Crippen molar-refractivity contribution in [2.24, 2.45) is 0 Å². The standard InChI is InChI=1S/C17H21N3O3S/c1-11(21)20-7-4-13(5-8-20)18-17(23)12-2-3-15-14(10-12)19-16(22)6-9-24-15/h2-3,10,13H,4-9H2,1H3,(H,18,23)(H,19,22). The molecule has 0 aromatic heterocycles. The molecule has 6 nitrogen and oxygen atoms in total. The van der Waals surface area contributed by atoms with E-state index in [0.29, 0.717) is 30.8 Å². The number of thioether (sulfide) groups is 1. The van der Waals surface area contributed by atoms with Gasteiger partial charge < -0.3 is 15.5 Å². The number of carbonyl (C=O) groups excluding carboxylic acids is 3. The van der Waals surface area contributed by atoms with E-state index in [1.165, 1.54) is 0 Å². The minimum Gasteiger partial charge on any atom is -0.349 e. The summed E-state index contributed by atoms with van der Waals surface area (Å²) in [5.41, 5.74) is 1.26. The highest BCUT2D eigenvalue weighted by molar-refractivity contribution is 7.99. The van der Waals surface area contributed by atoms with Gasteiger partial charge in [0.1, 0.15) is 0 Å². The molecule has 24 heavy (non-hydrogen) atoms. The van der Waals surface area contributed by atoms with Crippen LogP contribution in [0.15, 0.2) is 23.1 Å². The van der Waals surface area contributed by atoms with E-state index in [4.69, 9.17) is 0 Å². The molecular formula is C17H21N3O3S. The Morgan fingerprint density at radius 3 is 2.75 bits per heavy atom. The maximum atomic E-state index is 12.5. The first kappa shape index (κ1) is 16.8. The Hall–Kier alpha value is -2.02. The maximum absolute atomic E-state index is 12.5. The number of hydrogen-bond acceptors (Lipinski definition) is 4. The SMILES string of the molecule is CC(=O)N1CCC(NC(=O)c2ccc3c(c2)NC(=O)CCS3)CC1. The third kappa shape index (κ3) is 3.90. The van der Waals surface area contributed by atoms with Gasteiger partial charge in [-0.05, 0) is 31.0 Å². The molecule has 0 atom stereocenters. The van der Waals surface area contributed by atoms with E-state index in [-0.39, 0.29) is 23.8 Å². The van der Waals surface area contributed by atoms with Gasteiger partial charge in [-0.3, -0.25) is 14.4 Å². The molecule has 2 N–H and O–H groups in total. The molecule has 2 aliphatic heterocycles. The lowest BCUT2D eigenvalue weighted by molar-refractivity contribution is -0.129. The average molecular weight is 347 g/mol. The molecule has 0 radical (unpaired) electrons. The smallest absolute Gasteiger partial charge is 0.251 e. The number of hydrogen-bond donors (Lipinski definition) is 2. The summed E-state index contributed by atoms with van der Waals surface area (Å²) in [6, 6.07) is 5.50. The van der Waals surface area contributed by atoms with E-state index >= 15 is 0 Å². The predicted molar refractivity (Wildman–Crippen MR) is 93.2 cm³/mol. The molecule has 1 aromatic rings. The lowest BCUT2D eigenvalue weighted by atomic mass is 10.0. The molecular weight excluding hydrogens is 326 g/mol. The molecule has 7 heteroatoms. The molecule has 3 amide bonds. The number of nitrogens with one attached hydrogen (secondary N) is 2. The first-order valence-corrected chi connectivity index (χ1v) is 9.14. The molecule has 0 unspecified atom stereocenters. The van der Waals surface area contributed by atoms with E-state index in [9.17, 15) is 14.4 Å². The molecule has 128 valence electrons. The Bertz CT molecular complexity index is 669. The minimum absolute atomic E-state index is 0.0181. The molecule has 1 aromatic carbocycles. The molecule has 1 saturated heterocycles. The Kier molecular flexibility index (Phi) is 5.08. The first-order valence-electron chi connectivity index (χ1n) is 8.16. The zero-order valence-corrected chi connectivity index (χ0v) is 14.4. The second-order valence-electron chi connectivity index (χ2n) is 6.11. The number of nitrogens with zero attached hydrogens (tertiary/aromatic N) is 1. The van der Waals surface area contributed by atoms with Crippen molar-refractivity contribution < 1.29 is 14.4 Å². The van der Waals surface area contributed by atoms with Gasteiger partial charge in [0.2, 0.25) is 11.8 Å². The Labute approximate surface area is 145 Å². The van der Waals surface area contributed by atoms with Crippen molar-refractivity contribution in [1.29, 1.82) is 0 Å². The molecule has 0 saturated carbocycles. The van der Waals surface area contributed by atoms with E-state index in [1.807, 2.05) is 6.07 Å². The van der Waals surface area contributed by atoms with Crippen molar-refractivity contribution >= 4 is 35.2 Å². The monoisotopic (exact) mass is 347 g/mol. The van der Waals surface area contributed by atoms with Gasteiger partial charge in [-0.1, -0.05) is 0 Å². The van der Waals surface area contributed by atoms with E-state index < -0.39 is 0 Å². The van der Waals surface area contributed by atoms with Gasteiger partial charge in [-0.15, -0.1) is 11.8 Å². The van der Waals surface area contributed by atoms with Crippen molar-refractivity contribution in [1.82, 2.24) is 10.2 Å². The van der Waals surface area contributed by atoms with Crippen molar-refractivity contribution in [3.05, 3.63) is 23.8 Å². The van der Waals surface area contributed by atoms with Crippen molar-refractivity contribution in [3.8, 4) is 0 Å². The third-order valence-electron chi connectivity index (χ3n) is 4.38. The molecule has 1 fully saturated rings. The van der Waals surface area contributed by atoms with Crippen LogP contribution in [0.4, 0.5) is 5.69 Å². The first-order chi connectivity index (χ1) is 11.5. The van der Waals surface area contributed by atoms with Crippen molar-refractivity contribution in [3.63, 3.8) is 0 Å². The summed E-state index contributed by atoms with van der Waals surface area (Å²) in [6.45, 7) is 2.93. The van der Waals surface area contributed by atoms with Crippen LogP contribution in [0.5, 0.6) is 0 Å². The number of amides is 3. The highest BCUT2D eigenvalue weighted by Crippen LogP contribution is 2.31. The fourth-order valence-corrected chi connectivity index (χ4v) is 3.91. The number of carbonyl (C=O) groups is 3. The van der Waals surface area contributed by atoms with Crippen LogP contribution in [0.2, 0.25) is 0 Å². The molecule has 0 aliphatic carbocycles. The van der Waals surface area contributed by atoms with Crippen LogP contribution in [-0.2, 0) is 9.59 Å². The minimum atomic E-state index is -0.137. The summed E-state index contributed by atoms with van der Waals surface area (Å²) in [7, 11) is 0. The van der Waals surface area contributed by atoms with Gasteiger partial charge >= 0.3 is 0 Å². The Balaban J connectivity index is 1.64. The zero-order valence-electron chi connectivity index (χ0n) is 13.6.